The summed E-state index contributed by atoms with van der Waals surface area (Å²) in [5.74, 6) is 0.00412. The first kappa shape index (κ1) is 30.0. The average Bonchev–Trinajstić information content (AvgIpc) is 4.00. The van der Waals surface area contributed by atoms with E-state index >= 15 is 8.78 Å². The van der Waals surface area contributed by atoms with Gasteiger partial charge in [0.1, 0.15) is 28.7 Å². The first-order chi connectivity index (χ1) is 23.2. The number of phenols is 1. The summed E-state index contributed by atoms with van der Waals surface area (Å²) in [6, 6.07) is 7.03. The smallest absolute Gasteiger partial charge is 0.319 e. The lowest BCUT2D eigenvalue weighted by atomic mass is 9.92. The summed E-state index contributed by atoms with van der Waals surface area (Å²) >= 11 is 0. The molecule has 0 radical (unpaired) electrons. The number of piperidine rings is 1. The summed E-state index contributed by atoms with van der Waals surface area (Å²) in [4.78, 5) is 14.0. The van der Waals surface area contributed by atoms with Gasteiger partial charge in [-0.2, -0.15) is 9.97 Å². The van der Waals surface area contributed by atoms with Crippen molar-refractivity contribution in [1.29, 1.82) is 0 Å². The maximum atomic E-state index is 16.9. The fraction of sp³-hybridized carbons (Fsp3) is 0.474. The Kier molecular flexibility index (Phi) is 6.86. The lowest BCUT2D eigenvalue weighted by molar-refractivity contribution is 0.115. The maximum absolute atomic E-state index is 16.9. The second kappa shape index (κ2) is 11.0. The highest BCUT2D eigenvalue weighted by atomic mass is 19.1. The number of anilines is 1. The Morgan fingerprint density at radius 2 is 1.71 bits per heavy atom. The van der Waals surface area contributed by atoms with Gasteiger partial charge in [-0.05, 0) is 99.5 Å². The number of phenolic OH excluding ortho intramolecular Hbond substituents is 1. The molecular formula is C38H38F3N5O2. The van der Waals surface area contributed by atoms with Crippen LogP contribution in [-0.4, -0.2) is 71.4 Å². The molecular weight excluding hydrogens is 615 g/mol. The van der Waals surface area contributed by atoms with Gasteiger partial charge < -0.3 is 25.0 Å². The molecule has 2 unspecified atom stereocenters. The summed E-state index contributed by atoms with van der Waals surface area (Å²) in [5.41, 5.74) is -0.0959. The van der Waals surface area contributed by atoms with Crippen molar-refractivity contribution in [2.45, 2.75) is 63.5 Å². The molecule has 48 heavy (non-hydrogen) atoms. The van der Waals surface area contributed by atoms with Crippen molar-refractivity contribution in [2.75, 3.05) is 44.2 Å². The molecule has 248 valence electrons. The number of aromatic nitrogens is 2. The minimum absolute atomic E-state index is 0.0172. The number of halogens is 3. The Balaban J connectivity index is 1.12. The van der Waals surface area contributed by atoms with E-state index in [4.69, 9.17) is 16.1 Å². The number of piperazine rings is 1. The molecule has 7 nitrogen and oxygen atoms in total. The molecule has 5 aliphatic rings. The first-order valence-corrected chi connectivity index (χ1v) is 17.2. The summed E-state index contributed by atoms with van der Waals surface area (Å²) in [6.07, 6.45) is 15.1. The zero-order valence-corrected chi connectivity index (χ0v) is 26.8. The number of likely N-dealkylation sites (tertiary alicyclic amines) is 1. The molecule has 3 aliphatic heterocycles. The second-order valence-corrected chi connectivity index (χ2v) is 15.0. The van der Waals surface area contributed by atoms with E-state index in [1.807, 2.05) is 0 Å². The van der Waals surface area contributed by atoms with E-state index in [9.17, 15) is 9.50 Å². The molecule has 9 rings (SSSR count). The van der Waals surface area contributed by atoms with Crippen molar-refractivity contribution in [1.82, 2.24) is 20.2 Å². The van der Waals surface area contributed by atoms with E-state index in [1.54, 1.807) is 0 Å². The fourth-order valence-corrected chi connectivity index (χ4v) is 8.52. The molecule has 0 amide bonds. The number of nitrogens with one attached hydrogen (secondary N) is 1. The molecule has 4 heterocycles. The predicted octanol–water partition coefficient (Wildman–Crippen LogP) is 6.53. The normalized spacial score (nSPS) is 23.9. The molecule has 10 heteroatoms. The highest BCUT2D eigenvalue weighted by Crippen LogP contribution is 2.55. The van der Waals surface area contributed by atoms with Crippen LogP contribution < -0.4 is 15.0 Å². The first-order valence-electron chi connectivity index (χ1n) is 17.2. The van der Waals surface area contributed by atoms with E-state index in [0.717, 1.165) is 45.3 Å². The average molecular weight is 654 g/mol. The number of rotatable bonds is 7. The SMILES string of the molecule is C#Cc1c(F)ccc2cc(O)cc(-c3c(F)cc4c(N5CC6CCC(C5)N6)nc(OCC5(CN6CCC7(CC6)CC7)CC5)nc4c3F)c12. The lowest BCUT2D eigenvalue weighted by Crippen LogP contribution is -2.51. The maximum Gasteiger partial charge on any atom is 0.319 e. The number of aromatic hydroxyl groups is 1. The number of nitrogens with zero attached hydrogens (tertiary/aromatic N) is 4. The van der Waals surface area contributed by atoms with E-state index in [-0.39, 0.29) is 56.7 Å². The number of terminal acetylenes is 1. The zero-order valence-electron chi connectivity index (χ0n) is 26.8. The highest BCUT2D eigenvalue weighted by Gasteiger charge is 2.49. The Labute approximate surface area is 277 Å². The van der Waals surface area contributed by atoms with E-state index < -0.39 is 23.0 Å². The van der Waals surface area contributed by atoms with Crippen molar-refractivity contribution in [3.63, 3.8) is 0 Å². The fourth-order valence-electron chi connectivity index (χ4n) is 8.52. The Morgan fingerprint density at radius 3 is 2.40 bits per heavy atom. The third-order valence-corrected chi connectivity index (χ3v) is 11.7. The summed E-state index contributed by atoms with van der Waals surface area (Å²) in [6.45, 7) is 4.93. The molecule has 2 aliphatic carbocycles. The van der Waals surface area contributed by atoms with Gasteiger partial charge in [0.15, 0.2) is 5.82 Å². The predicted molar refractivity (Wildman–Crippen MR) is 179 cm³/mol. The summed E-state index contributed by atoms with van der Waals surface area (Å²) < 4.78 is 54.4. The quantitative estimate of drug-likeness (QED) is 0.220. The number of hydrogen-bond acceptors (Lipinski definition) is 7. The van der Waals surface area contributed by atoms with Crippen LogP contribution in [0.1, 0.15) is 56.9 Å². The largest absolute Gasteiger partial charge is 0.508 e. The third kappa shape index (κ3) is 5.14. The zero-order chi connectivity index (χ0) is 32.8. The van der Waals surface area contributed by atoms with Crippen LogP contribution in [0.25, 0.3) is 32.8 Å². The number of ether oxygens (including phenoxy) is 1. The van der Waals surface area contributed by atoms with Gasteiger partial charge >= 0.3 is 6.01 Å². The number of hydrogen-bond donors (Lipinski definition) is 2. The van der Waals surface area contributed by atoms with Crippen molar-refractivity contribution in [3.05, 3.63) is 53.3 Å². The van der Waals surface area contributed by atoms with Crippen molar-refractivity contribution >= 4 is 27.5 Å². The Bertz CT molecular complexity index is 2000. The molecule has 1 spiro atoms. The lowest BCUT2D eigenvalue weighted by Gasteiger charge is -2.35. The number of fused-ring (bicyclic) bond motifs is 4. The van der Waals surface area contributed by atoms with Gasteiger partial charge in [-0.1, -0.05) is 12.0 Å². The Morgan fingerprint density at radius 1 is 0.958 bits per heavy atom. The monoisotopic (exact) mass is 653 g/mol. The van der Waals surface area contributed by atoms with Crippen LogP contribution in [0.4, 0.5) is 19.0 Å². The molecule has 4 aromatic rings. The molecule has 2 saturated carbocycles. The van der Waals surface area contributed by atoms with Crippen molar-refractivity contribution in [2.24, 2.45) is 10.8 Å². The molecule has 2 atom stereocenters. The summed E-state index contributed by atoms with van der Waals surface area (Å²) in [5, 5.41) is 14.9. The standard InChI is InChI=1S/C38H38F3N5O2/c1-2-26-29(39)6-3-22-15-25(47)16-27(31(22)26)32-30(40)17-28-34(33(32)41)43-36(44-35(28)46-18-23-4-5-24(19-46)42-23)48-21-38(9-10-38)20-45-13-11-37(7-8-37)12-14-45/h1,3,6,15-17,23-24,42,47H,4-5,7-14,18-21H2. The van der Waals surface area contributed by atoms with Crippen molar-refractivity contribution < 1.29 is 23.0 Å². The van der Waals surface area contributed by atoms with Gasteiger partial charge in [-0.25, -0.2) is 13.2 Å². The van der Waals surface area contributed by atoms with Gasteiger partial charge in [0.05, 0.1) is 17.7 Å². The van der Waals surface area contributed by atoms with Gasteiger partial charge in [-0.15, -0.1) is 6.42 Å². The molecule has 3 aromatic carbocycles. The Hall–Kier alpha value is -4.07. The topological polar surface area (TPSA) is 73.8 Å². The molecule has 2 N–H and O–H groups in total. The second-order valence-electron chi connectivity index (χ2n) is 15.0. The minimum Gasteiger partial charge on any atom is -0.508 e. The van der Waals surface area contributed by atoms with Gasteiger partial charge in [-0.3, -0.25) is 0 Å². The van der Waals surface area contributed by atoms with Crippen LogP contribution in [0, 0.1) is 40.6 Å². The highest BCUT2D eigenvalue weighted by molar-refractivity contribution is 6.04. The van der Waals surface area contributed by atoms with Crippen LogP contribution in [0.2, 0.25) is 0 Å². The van der Waals surface area contributed by atoms with Crippen LogP contribution in [0.15, 0.2) is 30.3 Å². The van der Waals surface area contributed by atoms with Crippen LogP contribution in [0.3, 0.4) is 0 Å². The number of benzene rings is 3. The van der Waals surface area contributed by atoms with Crippen molar-refractivity contribution in [3.8, 4) is 35.2 Å². The van der Waals surface area contributed by atoms with E-state index in [2.05, 4.69) is 26.0 Å². The van der Waals surface area contributed by atoms with Gasteiger partial charge in [0.25, 0.3) is 0 Å². The molecule has 3 saturated heterocycles. The molecule has 5 fully saturated rings. The third-order valence-electron chi connectivity index (χ3n) is 11.7. The van der Waals surface area contributed by atoms with Crippen LogP contribution >= 0.6 is 0 Å². The minimum atomic E-state index is -0.945. The molecule has 2 bridgehead atoms. The van der Waals surface area contributed by atoms with Crippen LogP contribution in [-0.2, 0) is 0 Å². The van der Waals surface area contributed by atoms with Crippen LogP contribution in [0.5, 0.6) is 11.8 Å². The van der Waals surface area contributed by atoms with E-state index in [0.29, 0.717) is 36.3 Å². The molecule has 1 aromatic heterocycles. The van der Waals surface area contributed by atoms with E-state index in [1.165, 1.54) is 56.0 Å². The van der Waals surface area contributed by atoms with Gasteiger partial charge in [0, 0.05) is 53.5 Å². The van der Waals surface area contributed by atoms with Gasteiger partial charge in [0.2, 0.25) is 0 Å². The summed E-state index contributed by atoms with van der Waals surface area (Å²) in [7, 11) is 0.